The first kappa shape index (κ1) is 9.90. The van der Waals surface area contributed by atoms with Crippen molar-refractivity contribution in [2.24, 2.45) is 0 Å². The summed E-state index contributed by atoms with van der Waals surface area (Å²) in [6, 6.07) is 0. The van der Waals surface area contributed by atoms with Crippen LogP contribution in [0.1, 0.15) is 19.3 Å². The number of amides is 1. The fourth-order valence-corrected chi connectivity index (χ4v) is 1.36. The standard InChI is InChI=1S/C7H15N2O2P/c10-6(5-8-12)9-7-3-1-2-4-11-7/h7-8H,1-5,12H2,(H,9,10)/t7-/m1/s1. The molecule has 0 bridgehead atoms. The van der Waals surface area contributed by atoms with Crippen molar-refractivity contribution in [3.63, 3.8) is 0 Å². The summed E-state index contributed by atoms with van der Waals surface area (Å²) in [6.07, 6.45) is 3.11. The van der Waals surface area contributed by atoms with E-state index in [1.807, 2.05) is 0 Å². The van der Waals surface area contributed by atoms with E-state index in [9.17, 15) is 4.79 Å². The van der Waals surface area contributed by atoms with Crippen LogP contribution in [-0.4, -0.2) is 25.3 Å². The number of rotatable bonds is 3. The van der Waals surface area contributed by atoms with Crippen LogP contribution in [0.4, 0.5) is 0 Å². The number of hydrogen-bond acceptors (Lipinski definition) is 3. The number of carbonyl (C=O) groups excluding carboxylic acids is 1. The van der Waals surface area contributed by atoms with Crippen LogP contribution in [0.25, 0.3) is 0 Å². The van der Waals surface area contributed by atoms with Gasteiger partial charge in [-0.3, -0.25) is 9.88 Å². The molecule has 1 amide bonds. The average Bonchev–Trinajstić information content (AvgIpc) is 2.06. The molecule has 0 aromatic heterocycles. The summed E-state index contributed by atoms with van der Waals surface area (Å²) in [6.45, 7) is 1.09. The number of hydrogen-bond donors (Lipinski definition) is 2. The SMILES string of the molecule is O=C(CNP)N[C@H]1CCCCO1. The highest BCUT2D eigenvalue weighted by Crippen LogP contribution is 2.09. The summed E-state index contributed by atoms with van der Waals surface area (Å²) in [4.78, 5) is 11.0. The monoisotopic (exact) mass is 190 g/mol. The predicted molar refractivity (Wildman–Crippen MR) is 49.4 cm³/mol. The van der Waals surface area contributed by atoms with Gasteiger partial charge >= 0.3 is 0 Å². The van der Waals surface area contributed by atoms with Gasteiger partial charge in [0.05, 0.1) is 6.54 Å². The lowest BCUT2D eigenvalue weighted by Gasteiger charge is -2.23. The molecule has 0 saturated carbocycles. The maximum atomic E-state index is 11.0. The van der Waals surface area contributed by atoms with Crippen molar-refractivity contribution in [2.75, 3.05) is 13.2 Å². The van der Waals surface area contributed by atoms with E-state index in [4.69, 9.17) is 4.74 Å². The third-order valence-corrected chi connectivity index (χ3v) is 1.97. The topological polar surface area (TPSA) is 50.4 Å². The van der Waals surface area contributed by atoms with Crippen LogP contribution in [0.5, 0.6) is 0 Å². The van der Waals surface area contributed by atoms with Crippen molar-refractivity contribution in [3.8, 4) is 0 Å². The highest BCUT2D eigenvalue weighted by molar-refractivity contribution is 7.13. The zero-order valence-electron chi connectivity index (χ0n) is 7.01. The van der Waals surface area contributed by atoms with Crippen LogP contribution >= 0.6 is 9.39 Å². The van der Waals surface area contributed by atoms with Crippen molar-refractivity contribution >= 4 is 15.3 Å². The molecule has 70 valence electrons. The minimum absolute atomic E-state index is 0.0168. The Kier molecular flexibility index (Phi) is 4.51. The van der Waals surface area contributed by atoms with Crippen molar-refractivity contribution < 1.29 is 9.53 Å². The highest BCUT2D eigenvalue weighted by Gasteiger charge is 2.14. The van der Waals surface area contributed by atoms with Crippen molar-refractivity contribution in [2.45, 2.75) is 25.5 Å². The van der Waals surface area contributed by atoms with E-state index >= 15 is 0 Å². The smallest absolute Gasteiger partial charge is 0.236 e. The molecule has 4 nitrogen and oxygen atoms in total. The van der Waals surface area contributed by atoms with Crippen LogP contribution in [0.15, 0.2) is 0 Å². The Hall–Kier alpha value is -0.180. The van der Waals surface area contributed by atoms with Crippen LogP contribution in [0, 0.1) is 0 Å². The summed E-state index contributed by atoms with van der Waals surface area (Å²) in [7, 11) is 2.29. The van der Waals surface area contributed by atoms with E-state index in [-0.39, 0.29) is 12.1 Å². The second-order valence-electron chi connectivity index (χ2n) is 2.80. The summed E-state index contributed by atoms with van der Waals surface area (Å²) < 4.78 is 5.33. The van der Waals surface area contributed by atoms with Gasteiger partial charge in [0.1, 0.15) is 6.23 Å². The van der Waals surface area contributed by atoms with E-state index in [0.717, 1.165) is 25.9 Å². The molecule has 0 aromatic carbocycles. The minimum Gasteiger partial charge on any atom is -0.359 e. The molecule has 2 N–H and O–H groups in total. The van der Waals surface area contributed by atoms with Crippen LogP contribution in [0.3, 0.4) is 0 Å². The van der Waals surface area contributed by atoms with E-state index in [0.29, 0.717) is 6.54 Å². The van der Waals surface area contributed by atoms with E-state index in [1.165, 1.54) is 0 Å². The van der Waals surface area contributed by atoms with Gasteiger partial charge in [-0.15, -0.1) is 0 Å². The molecule has 1 aliphatic heterocycles. The van der Waals surface area contributed by atoms with Gasteiger partial charge in [0.2, 0.25) is 5.91 Å². The molecule has 0 spiro atoms. The maximum Gasteiger partial charge on any atom is 0.236 e. The molecule has 5 heteroatoms. The second kappa shape index (κ2) is 5.46. The van der Waals surface area contributed by atoms with Crippen molar-refractivity contribution in [1.29, 1.82) is 0 Å². The first-order valence-electron chi connectivity index (χ1n) is 4.17. The number of ether oxygens (including phenoxy) is 1. The fraction of sp³-hybridized carbons (Fsp3) is 0.857. The van der Waals surface area contributed by atoms with Crippen LogP contribution < -0.4 is 10.4 Å². The van der Waals surface area contributed by atoms with Gasteiger partial charge in [0, 0.05) is 6.61 Å². The van der Waals surface area contributed by atoms with Gasteiger partial charge < -0.3 is 10.1 Å². The van der Waals surface area contributed by atoms with E-state index < -0.39 is 0 Å². The van der Waals surface area contributed by atoms with Gasteiger partial charge in [0.15, 0.2) is 0 Å². The van der Waals surface area contributed by atoms with E-state index in [2.05, 4.69) is 19.8 Å². The molecule has 0 aromatic rings. The zero-order valence-corrected chi connectivity index (χ0v) is 8.16. The lowest BCUT2D eigenvalue weighted by Crippen LogP contribution is -2.41. The molecule has 1 saturated heterocycles. The third-order valence-electron chi connectivity index (χ3n) is 1.76. The summed E-state index contributed by atoms with van der Waals surface area (Å²) >= 11 is 0. The van der Waals surface area contributed by atoms with E-state index in [1.54, 1.807) is 0 Å². The maximum absolute atomic E-state index is 11.0. The van der Waals surface area contributed by atoms with Crippen molar-refractivity contribution in [3.05, 3.63) is 0 Å². The number of nitrogens with one attached hydrogen (secondary N) is 2. The molecule has 1 aliphatic rings. The van der Waals surface area contributed by atoms with Crippen LogP contribution in [-0.2, 0) is 9.53 Å². The summed E-state index contributed by atoms with van der Waals surface area (Å²) in [5.41, 5.74) is 0. The Morgan fingerprint density at radius 3 is 3.00 bits per heavy atom. The number of carbonyl (C=O) groups is 1. The Morgan fingerprint density at radius 1 is 1.58 bits per heavy atom. The normalized spacial score (nSPS) is 23.6. The molecule has 1 fully saturated rings. The van der Waals surface area contributed by atoms with Crippen molar-refractivity contribution in [1.82, 2.24) is 10.4 Å². The molecule has 0 aliphatic carbocycles. The van der Waals surface area contributed by atoms with Gasteiger partial charge in [-0.25, -0.2) is 0 Å². The zero-order chi connectivity index (χ0) is 8.81. The van der Waals surface area contributed by atoms with Crippen LogP contribution in [0.2, 0.25) is 0 Å². The molecule has 12 heavy (non-hydrogen) atoms. The molecule has 0 radical (unpaired) electrons. The largest absolute Gasteiger partial charge is 0.359 e. The third kappa shape index (κ3) is 3.48. The quantitative estimate of drug-likeness (QED) is 0.616. The molecular weight excluding hydrogens is 175 g/mol. The Labute approximate surface area is 74.7 Å². The molecule has 1 rings (SSSR count). The molecular formula is C7H15N2O2P. The minimum atomic E-state index is -0.0652. The van der Waals surface area contributed by atoms with Gasteiger partial charge in [-0.2, -0.15) is 0 Å². The average molecular weight is 190 g/mol. The molecule has 1 unspecified atom stereocenters. The highest BCUT2D eigenvalue weighted by atomic mass is 31.0. The second-order valence-corrected chi connectivity index (χ2v) is 3.21. The fourth-order valence-electron chi connectivity index (χ4n) is 1.18. The van der Waals surface area contributed by atoms with Gasteiger partial charge in [-0.1, -0.05) is 9.39 Å². The summed E-state index contributed by atoms with van der Waals surface area (Å²) in [5.74, 6) is -0.0168. The predicted octanol–water partition coefficient (Wildman–Crippen LogP) is 0.00890. The first-order valence-corrected chi connectivity index (χ1v) is 4.75. The molecule has 2 atom stereocenters. The Bertz CT molecular complexity index is 148. The molecule has 1 heterocycles. The van der Waals surface area contributed by atoms with Gasteiger partial charge in [0.25, 0.3) is 0 Å². The lowest BCUT2D eigenvalue weighted by atomic mass is 10.2. The van der Waals surface area contributed by atoms with Gasteiger partial charge in [-0.05, 0) is 19.3 Å². The first-order chi connectivity index (χ1) is 5.83. The Morgan fingerprint density at radius 2 is 2.42 bits per heavy atom. The summed E-state index contributed by atoms with van der Waals surface area (Å²) in [5, 5.41) is 5.49. The lowest BCUT2D eigenvalue weighted by molar-refractivity contribution is -0.125. The Balaban J connectivity index is 2.15.